The number of hydrogen-bond donors (Lipinski definition) is 1. The summed E-state index contributed by atoms with van der Waals surface area (Å²) >= 11 is 4.86. The maximum Gasteiger partial charge on any atom is 0.258 e. The molecule has 2 aromatic heterocycles. The van der Waals surface area contributed by atoms with Gasteiger partial charge in [0.1, 0.15) is 0 Å². The Hall–Kier alpha value is -2.51. The number of thiazole rings is 1. The normalized spacial score (nSPS) is 11.0. The van der Waals surface area contributed by atoms with E-state index in [1.807, 2.05) is 17.5 Å². The van der Waals surface area contributed by atoms with E-state index in [0.29, 0.717) is 11.5 Å². The second-order valence-corrected chi connectivity index (χ2v) is 7.78. The number of rotatable bonds is 3. The number of fused-ring (bicyclic) bond motifs is 1. The molecule has 4 rings (SSSR count). The summed E-state index contributed by atoms with van der Waals surface area (Å²) in [6, 6.07) is 13.5. The van der Waals surface area contributed by atoms with Gasteiger partial charge in [-0.2, -0.15) is 4.98 Å². The molecular weight excluding hydrogens is 412 g/mol. The molecule has 2 aromatic carbocycles. The van der Waals surface area contributed by atoms with Gasteiger partial charge < -0.3 is 0 Å². The molecule has 0 spiro atoms. The van der Waals surface area contributed by atoms with Crippen molar-refractivity contribution in [3.05, 3.63) is 69.0 Å². The van der Waals surface area contributed by atoms with Crippen molar-refractivity contribution in [2.24, 2.45) is 0 Å². The van der Waals surface area contributed by atoms with E-state index in [9.17, 15) is 4.79 Å². The van der Waals surface area contributed by atoms with Crippen molar-refractivity contribution >= 4 is 44.1 Å². The molecule has 0 unspecified atom stereocenters. The predicted octanol–water partition coefficient (Wildman–Crippen LogP) is 5.09. The van der Waals surface area contributed by atoms with Gasteiger partial charge in [-0.15, -0.1) is 16.4 Å². The van der Waals surface area contributed by atoms with Crippen molar-refractivity contribution in [2.75, 3.05) is 5.32 Å². The average molecular weight is 427 g/mol. The van der Waals surface area contributed by atoms with Crippen LogP contribution in [-0.4, -0.2) is 20.5 Å². The summed E-state index contributed by atoms with van der Waals surface area (Å²) in [7, 11) is 0. The number of nitrogens with one attached hydrogen (secondary N) is 1. The summed E-state index contributed by atoms with van der Waals surface area (Å²) in [6.45, 7) is 4.16. The Balaban J connectivity index is 1.65. The molecule has 0 aliphatic heterocycles. The number of amides is 1. The van der Waals surface area contributed by atoms with Crippen molar-refractivity contribution in [1.82, 2.24) is 14.6 Å². The fourth-order valence-corrected chi connectivity index (χ4v) is 3.88. The van der Waals surface area contributed by atoms with E-state index in [0.717, 1.165) is 20.7 Å². The molecule has 1 amide bonds. The number of nitrogens with zero attached hydrogens (tertiary/aromatic N) is 3. The lowest BCUT2D eigenvalue weighted by atomic mass is 10.0. The minimum Gasteiger partial charge on any atom is -0.289 e. The number of carbonyl (C=O) groups is 1. The summed E-state index contributed by atoms with van der Waals surface area (Å²) < 4.78 is 2.70. The molecule has 0 radical (unpaired) electrons. The predicted molar refractivity (Wildman–Crippen MR) is 108 cm³/mol. The van der Waals surface area contributed by atoms with Crippen LogP contribution >= 0.6 is 27.3 Å². The zero-order chi connectivity index (χ0) is 18.3. The van der Waals surface area contributed by atoms with Crippen LogP contribution in [0.4, 0.5) is 5.95 Å². The Labute approximate surface area is 162 Å². The van der Waals surface area contributed by atoms with E-state index in [1.165, 1.54) is 22.5 Å². The van der Waals surface area contributed by atoms with Crippen LogP contribution in [0.5, 0.6) is 0 Å². The maximum atomic E-state index is 12.4. The molecule has 26 heavy (non-hydrogen) atoms. The Kier molecular flexibility index (Phi) is 4.34. The minimum atomic E-state index is -0.233. The number of aromatic nitrogens is 3. The lowest BCUT2D eigenvalue weighted by Gasteiger charge is -2.05. The summed E-state index contributed by atoms with van der Waals surface area (Å²) in [5.41, 5.74) is 5.04. The van der Waals surface area contributed by atoms with Crippen molar-refractivity contribution in [2.45, 2.75) is 13.8 Å². The van der Waals surface area contributed by atoms with E-state index in [2.05, 4.69) is 63.4 Å². The van der Waals surface area contributed by atoms with Crippen LogP contribution < -0.4 is 5.32 Å². The average Bonchev–Trinajstić information content (AvgIpc) is 3.16. The Bertz CT molecular complexity index is 1110. The van der Waals surface area contributed by atoms with E-state index in [1.54, 1.807) is 16.6 Å². The van der Waals surface area contributed by atoms with Gasteiger partial charge in [-0.05, 0) is 43.7 Å². The standard InChI is InChI=1S/C19H15BrN4OS/c1-11-3-8-15(12(2)9-11)16-10-26-19-22-18(23-24(16)19)21-17(25)13-4-6-14(20)7-5-13/h3-10H,1-2H3,(H,21,23,25). The van der Waals surface area contributed by atoms with E-state index < -0.39 is 0 Å². The summed E-state index contributed by atoms with van der Waals surface area (Å²) in [4.78, 5) is 17.5. The van der Waals surface area contributed by atoms with Gasteiger partial charge in [0, 0.05) is 21.0 Å². The van der Waals surface area contributed by atoms with Crippen LogP contribution in [0.15, 0.2) is 52.3 Å². The molecule has 2 heterocycles. The summed E-state index contributed by atoms with van der Waals surface area (Å²) in [5, 5.41) is 9.27. The van der Waals surface area contributed by atoms with Crippen LogP contribution in [0, 0.1) is 13.8 Å². The Morgan fingerprint density at radius 2 is 1.92 bits per heavy atom. The van der Waals surface area contributed by atoms with Gasteiger partial charge >= 0.3 is 0 Å². The quantitative estimate of drug-likeness (QED) is 0.496. The second-order valence-electron chi connectivity index (χ2n) is 6.03. The SMILES string of the molecule is Cc1ccc(-c2csc3nc(NC(=O)c4ccc(Br)cc4)nn23)c(C)c1. The third-order valence-electron chi connectivity index (χ3n) is 4.07. The number of benzene rings is 2. The number of hydrogen-bond acceptors (Lipinski definition) is 4. The van der Waals surface area contributed by atoms with Crippen LogP contribution in [0.25, 0.3) is 16.2 Å². The largest absolute Gasteiger partial charge is 0.289 e. The third kappa shape index (κ3) is 3.15. The highest BCUT2D eigenvalue weighted by Crippen LogP contribution is 2.29. The third-order valence-corrected chi connectivity index (χ3v) is 5.42. The van der Waals surface area contributed by atoms with Gasteiger partial charge in [0.05, 0.1) is 5.69 Å². The molecule has 0 aliphatic rings. The molecule has 0 aliphatic carbocycles. The van der Waals surface area contributed by atoms with Crippen molar-refractivity contribution in [1.29, 1.82) is 0 Å². The Morgan fingerprint density at radius 1 is 1.15 bits per heavy atom. The zero-order valence-corrected chi connectivity index (χ0v) is 16.6. The Morgan fingerprint density at radius 3 is 2.65 bits per heavy atom. The topological polar surface area (TPSA) is 59.3 Å². The maximum absolute atomic E-state index is 12.4. The molecule has 5 nitrogen and oxygen atoms in total. The van der Waals surface area contributed by atoms with Crippen LogP contribution in [0.3, 0.4) is 0 Å². The van der Waals surface area contributed by atoms with Crippen LogP contribution in [0.1, 0.15) is 21.5 Å². The molecule has 130 valence electrons. The van der Waals surface area contributed by atoms with Gasteiger partial charge in [0.2, 0.25) is 4.96 Å². The smallest absolute Gasteiger partial charge is 0.258 e. The van der Waals surface area contributed by atoms with Crippen molar-refractivity contribution in [3.63, 3.8) is 0 Å². The first-order valence-corrected chi connectivity index (χ1v) is 9.67. The highest BCUT2D eigenvalue weighted by atomic mass is 79.9. The molecule has 1 N–H and O–H groups in total. The van der Waals surface area contributed by atoms with Gasteiger partial charge in [0.15, 0.2) is 0 Å². The number of halogens is 1. The fraction of sp³-hybridized carbons (Fsp3) is 0.105. The van der Waals surface area contributed by atoms with Crippen LogP contribution in [0.2, 0.25) is 0 Å². The van der Waals surface area contributed by atoms with Gasteiger partial charge in [-0.25, -0.2) is 4.52 Å². The molecule has 0 atom stereocenters. The molecule has 0 bridgehead atoms. The lowest BCUT2D eigenvalue weighted by Crippen LogP contribution is -2.13. The highest BCUT2D eigenvalue weighted by Gasteiger charge is 2.15. The second kappa shape index (κ2) is 6.66. The first kappa shape index (κ1) is 16.9. The lowest BCUT2D eigenvalue weighted by molar-refractivity contribution is 0.102. The van der Waals surface area contributed by atoms with Crippen molar-refractivity contribution in [3.8, 4) is 11.3 Å². The molecule has 4 aromatic rings. The van der Waals surface area contributed by atoms with E-state index >= 15 is 0 Å². The van der Waals surface area contributed by atoms with Gasteiger partial charge in [0.25, 0.3) is 11.9 Å². The van der Waals surface area contributed by atoms with E-state index in [4.69, 9.17) is 0 Å². The molecule has 0 saturated carbocycles. The molecule has 0 fully saturated rings. The number of anilines is 1. The molecule has 7 heteroatoms. The monoisotopic (exact) mass is 426 g/mol. The van der Waals surface area contributed by atoms with E-state index in [-0.39, 0.29) is 5.91 Å². The summed E-state index contributed by atoms with van der Waals surface area (Å²) in [6.07, 6.45) is 0. The minimum absolute atomic E-state index is 0.233. The number of carbonyl (C=O) groups excluding carboxylic acids is 1. The van der Waals surface area contributed by atoms with Crippen molar-refractivity contribution < 1.29 is 4.79 Å². The summed E-state index contributed by atoms with van der Waals surface area (Å²) in [5.74, 6) is 0.0691. The first-order chi connectivity index (χ1) is 12.5. The molecule has 0 saturated heterocycles. The van der Waals surface area contributed by atoms with Gasteiger partial charge in [-0.3, -0.25) is 10.1 Å². The van der Waals surface area contributed by atoms with Crippen LogP contribution in [-0.2, 0) is 0 Å². The van der Waals surface area contributed by atoms with Gasteiger partial charge in [-0.1, -0.05) is 39.7 Å². The fourth-order valence-electron chi connectivity index (χ4n) is 2.80. The highest BCUT2D eigenvalue weighted by molar-refractivity contribution is 9.10. The first-order valence-electron chi connectivity index (χ1n) is 8.00. The zero-order valence-electron chi connectivity index (χ0n) is 14.2. The number of aryl methyl sites for hydroxylation is 2. The molecular formula is C19H15BrN4OS.